The number of fused-ring (bicyclic) bond motifs is 1. The smallest absolute Gasteiger partial charge is 0.266 e. The molecule has 4 aromatic rings. The molecule has 3 heterocycles. The number of aryl methyl sites for hydroxylation is 1. The number of aromatic nitrogens is 4. The molecular weight excluding hydrogens is 347 g/mol. The number of hydrogen-bond acceptors (Lipinski definition) is 5. The van der Waals surface area contributed by atoms with Gasteiger partial charge >= 0.3 is 0 Å². The lowest BCUT2D eigenvalue weighted by atomic mass is 10.2. The summed E-state index contributed by atoms with van der Waals surface area (Å²) in [6.45, 7) is 1.82. The topological polar surface area (TPSA) is 89.9 Å². The Morgan fingerprint density at radius 1 is 1.19 bits per heavy atom. The molecule has 1 aromatic carbocycles. The van der Waals surface area contributed by atoms with E-state index in [2.05, 4.69) is 15.0 Å². The van der Waals surface area contributed by atoms with E-state index in [4.69, 9.17) is 5.84 Å². The SMILES string of the molecule is Cc1cn(N(N)C(=O)c2cnc(-c3cccnc3)nc2)c2ccc(F)cc12. The van der Waals surface area contributed by atoms with E-state index in [1.54, 1.807) is 30.7 Å². The molecule has 0 aliphatic heterocycles. The maximum atomic E-state index is 13.5. The van der Waals surface area contributed by atoms with E-state index in [1.807, 2.05) is 13.0 Å². The molecule has 0 unspecified atom stereocenters. The number of pyridine rings is 1. The third-order valence-corrected chi connectivity index (χ3v) is 4.20. The molecule has 0 aliphatic rings. The molecule has 7 nitrogen and oxygen atoms in total. The van der Waals surface area contributed by atoms with E-state index in [0.29, 0.717) is 16.7 Å². The average Bonchev–Trinajstić information content (AvgIpc) is 3.03. The zero-order valence-electron chi connectivity index (χ0n) is 14.4. The molecule has 0 saturated heterocycles. The minimum atomic E-state index is -0.492. The van der Waals surface area contributed by atoms with Crippen molar-refractivity contribution >= 4 is 16.8 Å². The van der Waals surface area contributed by atoms with Gasteiger partial charge in [0.25, 0.3) is 5.91 Å². The van der Waals surface area contributed by atoms with Gasteiger partial charge in [0.15, 0.2) is 5.82 Å². The fourth-order valence-electron chi connectivity index (χ4n) is 2.84. The van der Waals surface area contributed by atoms with Gasteiger partial charge in [-0.05, 0) is 42.8 Å². The minimum Gasteiger partial charge on any atom is -0.266 e. The van der Waals surface area contributed by atoms with Gasteiger partial charge in [-0.3, -0.25) is 9.78 Å². The first-order valence-electron chi connectivity index (χ1n) is 8.13. The molecule has 3 aromatic heterocycles. The van der Waals surface area contributed by atoms with Crippen molar-refractivity contribution in [1.82, 2.24) is 19.6 Å². The minimum absolute atomic E-state index is 0.228. The predicted octanol–water partition coefficient (Wildman–Crippen LogP) is 2.59. The van der Waals surface area contributed by atoms with Gasteiger partial charge in [-0.2, -0.15) is 5.12 Å². The third kappa shape index (κ3) is 3.02. The van der Waals surface area contributed by atoms with Crippen molar-refractivity contribution in [2.24, 2.45) is 5.84 Å². The van der Waals surface area contributed by atoms with Gasteiger partial charge in [0.2, 0.25) is 0 Å². The van der Waals surface area contributed by atoms with Crippen LogP contribution in [-0.2, 0) is 0 Å². The first kappa shape index (κ1) is 16.8. The molecule has 2 N–H and O–H groups in total. The molecule has 0 aliphatic carbocycles. The standard InChI is InChI=1S/C19H15FN6O/c1-12-11-25(17-5-4-15(20)7-16(12)17)26(21)19(27)14-9-23-18(24-10-14)13-3-2-6-22-8-13/h2-11H,21H2,1H3. The highest BCUT2D eigenvalue weighted by atomic mass is 19.1. The number of hydrogen-bond donors (Lipinski definition) is 1. The molecule has 8 heteroatoms. The summed E-state index contributed by atoms with van der Waals surface area (Å²) in [4.78, 5) is 25.2. The van der Waals surface area contributed by atoms with Crippen molar-refractivity contribution in [1.29, 1.82) is 0 Å². The third-order valence-electron chi connectivity index (χ3n) is 4.20. The highest BCUT2D eigenvalue weighted by Gasteiger charge is 2.18. The number of halogens is 1. The number of carbonyl (C=O) groups excluding carboxylic acids is 1. The Hall–Kier alpha value is -3.65. The van der Waals surface area contributed by atoms with Crippen LogP contribution in [0.5, 0.6) is 0 Å². The van der Waals surface area contributed by atoms with E-state index < -0.39 is 5.91 Å². The van der Waals surface area contributed by atoms with Crippen molar-refractivity contribution in [3.05, 3.63) is 78.3 Å². The molecule has 27 heavy (non-hydrogen) atoms. The van der Waals surface area contributed by atoms with E-state index >= 15 is 0 Å². The average molecular weight is 362 g/mol. The van der Waals surface area contributed by atoms with Gasteiger partial charge < -0.3 is 0 Å². The number of hydrazine groups is 1. The summed E-state index contributed by atoms with van der Waals surface area (Å²) in [7, 11) is 0. The van der Waals surface area contributed by atoms with Crippen LogP contribution >= 0.6 is 0 Å². The van der Waals surface area contributed by atoms with Gasteiger partial charge in [0, 0.05) is 41.9 Å². The van der Waals surface area contributed by atoms with Crippen LogP contribution in [0.3, 0.4) is 0 Å². The number of carbonyl (C=O) groups is 1. The second-order valence-electron chi connectivity index (χ2n) is 6.00. The Labute approximate surface area is 153 Å². The molecule has 0 radical (unpaired) electrons. The van der Waals surface area contributed by atoms with E-state index in [1.165, 1.54) is 29.2 Å². The van der Waals surface area contributed by atoms with Crippen molar-refractivity contribution in [2.45, 2.75) is 6.92 Å². The molecule has 0 fully saturated rings. The fourth-order valence-corrected chi connectivity index (χ4v) is 2.84. The number of nitrogens with two attached hydrogens (primary N) is 1. The van der Waals surface area contributed by atoms with Gasteiger partial charge in [-0.1, -0.05) is 0 Å². The molecule has 134 valence electrons. The zero-order valence-corrected chi connectivity index (χ0v) is 14.4. The number of amides is 1. The first-order valence-corrected chi connectivity index (χ1v) is 8.13. The maximum absolute atomic E-state index is 13.5. The van der Waals surface area contributed by atoms with Gasteiger partial charge in [-0.25, -0.2) is 24.9 Å². The summed E-state index contributed by atoms with van der Waals surface area (Å²) in [6.07, 6.45) is 7.79. The van der Waals surface area contributed by atoms with Crippen LogP contribution in [0.2, 0.25) is 0 Å². The van der Waals surface area contributed by atoms with Crippen LogP contribution in [0.25, 0.3) is 22.3 Å². The molecule has 0 atom stereocenters. The molecule has 0 saturated carbocycles. The number of rotatable bonds is 3. The lowest BCUT2D eigenvalue weighted by Crippen LogP contribution is -2.46. The van der Waals surface area contributed by atoms with Gasteiger partial charge in [-0.15, -0.1) is 0 Å². The van der Waals surface area contributed by atoms with E-state index in [0.717, 1.165) is 16.2 Å². The largest absolute Gasteiger partial charge is 0.290 e. The van der Waals surface area contributed by atoms with Gasteiger partial charge in [0.1, 0.15) is 5.82 Å². The van der Waals surface area contributed by atoms with Crippen molar-refractivity contribution in [3.63, 3.8) is 0 Å². The first-order chi connectivity index (χ1) is 13.0. The van der Waals surface area contributed by atoms with Crippen LogP contribution in [0.15, 0.2) is 61.3 Å². The van der Waals surface area contributed by atoms with Crippen molar-refractivity contribution in [3.8, 4) is 11.4 Å². The Morgan fingerprint density at radius 3 is 2.67 bits per heavy atom. The summed E-state index contributed by atoms with van der Waals surface area (Å²) < 4.78 is 15.0. The second-order valence-corrected chi connectivity index (χ2v) is 6.00. The van der Waals surface area contributed by atoms with Crippen molar-refractivity contribution in [2.75, 3.05) is 5.12 Å². The summed E-state index contributed by atoms with van der Waals surface area (Å²) >= 11 is 0. The van der Waals surface area contributed by atoms with Gasteiger partial charge in [0.05, 0.1) is 11.1 Å². The Balaban J connectivity index is 1.65. The van der Waals surface area contributed by atoms with Crippen molar-refractivity contribution < 1.29 is 9.18 Å². The fraction of sp³-hybridized carbons (Fsp3) is 0.0526. The Bertz CT molecular complexity index is 1120. The van der Waals surface area contributed by atoms with Crippen LogP contribution in [-0.4, -0.2) is 25.5 Å². The quantitative estimate of drug-likeness (QED) is 0.344. The monoisotopic (exact) mass is 362 g/mol. The molecular formula is C19H15FN6O. The van der Waals surface area contributed by atoms with Crippen LogP contribution in [0.4, 0.5) is 4.39 Å². The summed E-state index contributed by atoms with van der Waals surface area (Å²) in [5.74, 6) is 5.64. The molecule has 0 spiro atoms. The molecule has 0 bridgehead atoms. The van der Waals surface area contributed by atoms with Crippen LogP contribution in [0.1, 0.15) is 15.9 Å². The molecule has 1 amide bonds. The van der Waals surface area contributed by atoms with Crippen LogP contribution < -0.4 is 11.0 Å². The second kappa shape index (κ2) is 6.58. The Morgan fingerprint density at radius 2 is 1.96 bits per heavy atom. The normalized spacial score (nSPS) is 10.9. The maximum Gasteiger partial charge on any atom is 0.290 e. The molecule has 4 rings (SSSR count). The summed E-state index contributed by atoms with van der Waals surface area (Å²) in [6, 6.07) is 7.91. The lowest BCUT2D eigenvalue weighted by Gasteiger charge is -2.18. The predicted molar refractivity (Wildman–Crippen MR) is 98.6 cm³/mol. The van der Waals surface area contributed by atoms with E-state index in [9.17, 15) is 9.18 Å². The highest BCUT2D eigenvalue weighted by Crippen LogP contribution is 2.22. The summed E-state index contributed by atoms with van der Waals surface area (Å²) in [5.41, 5.74) is 2.40. The highest BCUT2D eigenvalue weighted by molar-refractivity contribution is 6.01. The number of nitrogens with zero attached hydrogens (tertiary/aromatic N) is 5. The van der Waals surface area contributed by atoms with Crippen LogP contribution in [0, 0.1) is 12.7 Å². The number of benzene rings is 1. The Kier molecular flexibility index (Phi) is 4.09. The lowest BCUT2D eigenvalue weighted by molar-refractivity contribution is 0.0959. The summed E-state index contributed by atoms with van der Waals surface area (Å²) in [5, 5.41) is 1.64. The van der Waals surface area contributed by atoms with E-state index in [-0.39, 0.29) is 11.4 Å². The zero-order chi connectivity index (χ0) is 19.0.